The third kappa shape index (κ3) is 2.65. The van der Waals surface area contributed by atoms with E-state index in [1.54, 1.807) is 13.4 Å². The van der Waals surface area contributed by atoms with Crippen molar-refractivity contribution in [2.24, 2.45) is 0 Å². The SMILES string of the molecule is COc1ccccc1Nc1ncnc2ccccc12.Cl. The summed E-state index contributed by atoms with van der Waals surface area (Å²) in [6.07, 6.45) is 1.56. The maximum atomic E-state index is 5.32. The molecule has 1 aromatic heterocycles. The van der Waals surface area contributed by atoms with Gasteiger partial charge in [-0.3, -0.25) is 0 Å². The molecule has 0 saturated heterocycles. The first-order valence-electron chi connectivity index (χ1n) is 5.98. The fourth-order valence-corrected chi connectivity index (χ4v) is 1.98. The van der Waals surface area contributed by atoms with Gasteiger partial charge in [-0.15, -0.1) is 12.4 Å². The van der Waals surface area contributed by atoms with E-state index in [9.17, 15) is 0 Å². The first-order valence-corrected chi connectivity index (χ1v) is 5.98. The lowest BCUT2D eigenvalue weighted by molar-refractivity contribution is 0.417. The van der Waals surface area contributed by atoms with Gasteiger partial charge in [0.1, 0.15) is 17.9 Å². The molecule has 0 atom stereocenters. The summed E-state index contributed by atoms with van der Waals surface area (Å²) in [6, 6.07) is 15.6. The standard InChI is InChI=1S/C15H13N3O.ClH/c1-19-14-9-5-4-8-13(14)18-15-11-6-2-3-7-12(11)16-10-17-15;/h2-10H,1H3,(H,16,17,18);1H. The number of methoxy groups -OCH3 is 1. The van der Waals surface area contributed by atoms with Crippen LogP contribution >= 0.6 is 12.4 Å². The molecule has 3 rings (SSSR count). The molecule has 1 heterocycles. The van der Waals surface area contributed by atoms with Crippen molar-refractivity contribution >= 4 is 34.8 Å². The molecule has 0 saturated carbocycles. The molecular formula is C15H14ClN3O. The highest BCUT2D eigenvalue weighted by Crippen LogP contribution is 2.28. The molecular weight excluding hydrogens is 274 g/mol. The van der Waals surface area contributed by atoms with Crippen molar-refractivity contribution in [3.8, 4) is 5.75 Å². The van der Waals surface area contributed by atoms with Crippen LogP contribution in [0.25, 0.3) is 10.9 Å². The number of para-hydroxylation sites is 3. The summed E-state index contributed by atoms with van der Waals surface area (Å²) >= 11 is 0. The average Bonchev–Trinajstić information content (AvgIpc) is 2.48. The second-order valence-corrected chi connectivity index (χ2v) is 4.06. The van der Waals surface area contributed by atoms with Crippen LogP contribution in [-0.2, 0) is 0 Å². The van der Waals surface area contributed by atoms with Gasteiger partial charge in [-0.1, -0.05) is 24.3 Å². The molecule has 4 nitrogen and oxygen atoms in total. The van der Waals surface area contributed by atoms with Crippen LogP contribution in [0.4, 0.5) is 11.5 Å². The number of hydrogen-bond acceptors (Lipinski definition) is 4. The van der Waals surface area contributed by atoms with Crippen molar-refractivity contribution in [2.45, 2.75) is 0 Å². The summed E-state index contributed by atoms with van der Waals surface area (Å²) in [6.45, 7) is 0. The molecule has 0 unspecified atom stereocenters. The van der Waals surface area contributed by atoms with Gasteiger partial charge in [0.2, 0.25) is 0 Å². The van der Waals surface area contributed by atoms with Gasteiger partial charge in [0.05, 0.1) is 18.3 Å². The number of fused-ring (bicyclic) bond motifs is 1. The minimum atomic E-state index is 0. The summed E-state index contributed by atoms with van der Waals surface area (Å²) in [5.74, 6) is 1.56. The lowest BCUT2D eigenvalue weighted by Gasteiger charge is -2.11. The van der Waals surface area contributed by atoms with Gasteiger partial charge in [0.25, 0.3) is 0 Å². The van der Waals surface area contributed by atoms with Gasteiger partial charge < -0.3 is 10.1 Å². The van der Waals surface area contributed by atoms with E-state index >= 15 is 0 Å². The molecule has 1 N–H and O–H groups in total. The average molecular weight is 288 g/mol. The molecule has 3 aromatic rings. The molecule has 0 amide bonds. The van der Waals surface area contributed by atoms with Crippen LogP contribution < -0.4 is 10.1 Å². The maximum Gasteiger partial charge on any atom is 0.142 e. The zero-order valence-corrected chi connectivity index (χ0v) is 11.7. The number of nitrogens with zero attached hydrogens (tertiary/aromatic N) is 2. The van der Waals surface area contributed by atoms with Crippen molar-refractivity contribution in [3.63, 3.8) is 0 Å². The van der Waals surface area contributed by atoms with Crippen molar-refractivity contribution in [1.29, 1.82) is 0 Å². The lowest BCUT2D eigenvalue weighted by atomic mass is 10.2. The Kier molecular flexibility index (Phi) is 4.38. The van der Waals surface area contributed by atoms with E-state index in [-0.39, 0.29) is 12.4 Å². The highest BCUT2D eigenvalue weighted by molar-refractivity contribution is 5.90. The normalized spacial score (nSPS) is 9.85. The van der Waals surface area contributed by atoms with E-state index in [1.165, 1.54) is 0 Å². The van der Waals surface area contributed by atoms with Crippen LogP contribution in [0.3, 0.4) is 0 Å². The third-order valence-electron chi connectivity index (χ3n) is 2.90. The van der Waals surface area contributed by atoms with E-state index in [1.807, 2.05) is 48.5 Å². The van der Waals surface area contributed by atoms with E-state index in [0.717, 1.165) is 28.2 Å². The van der Waals surface area contributed by atoms with Gasteiger partial charge >= 0.3 is 0 Å². The largest absolute Gasteiger partial charge is 0.495 e. The van der Waals surface area contributed by atoms with Crippen molar-refractivity contribution < 1.29 is 4.74 Å². The van der Waals surface area contributed by atoms with Crippen molar-refractivity contribution in [1.82, 2.24) is 9.97 Å². The number of halogens is 1. The Hall–Kier alpha value is -2.33. The Balaban J connectivity index is 0.00000147. The van der Waals surface area contributed by atoms with E-state index in [2.05, 4.69) is 15.3 Å². The molecule has 0 aliphatic rings. The Bertz CT molecular complexity index is 713. The maximum absolute atomic E-state index is 5.32. The zero-order valence-electron chi connectivity index (χ0n) is 10.9. The fourth-order valence-electron chi connectivity index (χ4n) is 1.98. The molecule has 2 aromatic carbocycles. The van der Waals surface area contributed by atoms with E-state index < -0.39 is 0 Å². The summed E-state index contributed by atoms with van der Waals surface area (Å²) < 4.78 is 5.32. The Morgan fingerprint density at radius 2 is 1.70 bits per heavy atom. The van der Waals surface area contributed by atoms with Gasteiger partial charge in [0.15, 0.2) is 0 Å². The monoisotopic (exact) mass is 287 g/mol. The minimum Gasteiger partial charge on any atom is -0.495 e. The van der Waals surface area contributed by atoms with Crippen molar-refractivity contribution in [2.75, 3.05) is 12.4 Å². The highest BCUT2D eigenvalue weighted by atomic mass is 35.5. The van der Waals surface area contributed by atoms with E-state index in [4.69, 9.17) is 4.74 Å². The minimum absolute atomic E-state index is 0. The number of anilines is 2. The Morgan fingerprint density at radius 1 is 0.950 bits per heavy atom. The second kappa shape index (κ2) is 6.21. The number of hydrogen-bond donors (Lipinski definition) is 1. The number of nitrogens with one attached hydrogen (secondary N) is 1. The quantitative estimate of drug-likeness (QED) is 0.796. The predicted octanol–water partition coefficient (Wildman–Crippen LogP) is 3.80. The van der Waals surface area contributed by atoms with Gasteiger partial charge in [-0.25, -0.2) is 9.97 Å². The molecule has 0 aliphatic carbocycles. The molecule has 0 fully saturated rings. The number of ether oxygens (including phenoxy) is 1. The van der Waals surface area contributed by atoms with Gasteiger partial charge in [-0.05, 0) is 24.3 Å². The van der Waals surface area contributed by atoms with Crippen molar-refractivity contribution in [3.05, 3.63) is 54.9 Å². The topological polar surface area (TPSA) is 47.0 Å². The van der Waals surface area contributed by atoms with Crippen LogP contribution in [0.2, 0.25) is 0 Å². The summed E-state index contributed by atoms with van der Waals surface area (Å²) in [7, 11) is 1.65. The fraction of sp³-hybridized carbons (Fsp3) is 0.0667. The first kappa shape index (κ1) is 14.1. The van der Waals surface area contributed by atoms with Crippen LogP contribution in [0.15, 0.2) is 54.9 Å². The summed E-state index contributed by atoms with van der Waals surface area (Å²) in [4.78, 5) is 8.54. The lowest BCUT2D eigenvalue weighted by Crippen LogP contribution is -1.98. The highest BCUT2D eigenvalue weighted by Gasteiger charge is 2.06. The number of aromatic nitrogens is 2. The van der Waals surface area contributed by atoms with Gasteiger partial charge in [-0.2, -0.15) is 0 Å². The first-order chi connectivity index (χ1) is 9.38. The Labute approximate surface area is 123 Å². The smallest absolute Gasteiger partial charge is 0.142 e. The second-order valence-electron chi connectivity index (χ2n) is 4.06. The zero-order chi connectivity index (χ0) is 13.1. The molecule has 5 heteroatoms. The van der Waals surface area contributed by atoms with Crippen LogP contribution in [0, 0.1) is 0 Å². The molecule has 0 aliphatic heterocycles. The van der Waals surface area contributed by atoms with Crippen LogP contribution in [-0.4, -0.2) is 17.1 Å². The molecule has 0 bridgehead atoms. The number of benzene rings is 2. The van der Waals surface area contributed by atoms with Crippen LogP contribution in [0.5, 0.6) is 5.75 Å². The predicted molar refractivity (Wildman–Crippen MR) is 83.1 cm³/mol. The number of rotatable bonds is 3. The molecule has 102 valence electrons. The third-order valence-corrected chi connectivity index (χ3v) is 2.90. The van der Waals surface area contributed by atoms with Crippen LogP contribution in [0.1, 0.15) is 0 Å². The van der Waals surface area contributed by atoms with E-state index in [0.29, 0.717) is 0 Å². The summed E-state index contributed by atoms with van der Waals surface area (Å²) in [5, 5.41) is 4.27. The Morgan fingerprint density at radius 3 is 2.55 bits per heavy atom. The molecule has 20 heavy (non-hydrogen) atoms. The molecule has 0 spiro atoms. The summed E-state index contributed by atoms with van der Waals surface area (Å²) in [5.41, 5.74) is 1.80. The van der Waals surface area contributed by atoms with Gasteiger partial charge in [0, 0.05) is 5.39 Å². The molecule has 0 radical (unpaired) electrons.